The van der Waals surface area contributed by atoms with Crippen LogP contribution < -0.4 is 0 Å². The van der Waals surface area contributed by atoms with Crippen molar-refractivity contribution in [1.82, 2.24) is 0 Å². The maximum absolute atomic E-state index is 10.7. The van der Waals surface area contributed by atoms with E-state index in [0.29, 0.717) is 10.8 Å². The van der Waals surface area contributed by atoms with Gasteiger partial charge in [0.15, 0.2) is 0 Å². The maximum atomic E-state index is 10.7. The van der Waals surface area contributed by atoms with Gasteiger partial charge in [-0.1, -0.05) is 12.1 Å². The molecular weight excluding hydrogens is 228 g/mol. The highest BCUT2D eigenvalue weighted by Crippen LogP contribution is 2.19. The van der Waals surface area contributed by atoms with Crippen LogP contribution in [0.4, 0.5) is 0 Å². The van der Waals surface area contributed by atoms with Gasteiger partial charge in [0.25, 0.3) is 0 Å². The van der Waals surface area contributed by atoms with E-state index < -0.39 is 17.0 Å². The minimum Gasteiger partial charge on any atom is -0.768 e. The summed E-state index contributed by atoms with van der Waals surface area (Å²) >= 11 is -2.27. The van der Waals surface area contributed by atoms with Gasteiger partial charge in [-0.05, 0) is 46.1 Å². The molecule has 0 saturated heterocycles. The van der Waals surface area contributed by atoms with Crippen LogP contribution in [0.15, 0.2) is 41.3 Å². The molecule has 2 rings (SSSR count). The summed E-state index contributed by atoms with van der Waals surface area (Å²) < 4.78 is 21.5. The molecule has 1 N–H and O–H groups in total. The van der Waals surface area contributed by atoms with E-state index in [9.17, 15) is 13.6 Å². The summed E-state index contributed by atoms with van der Waals surface area (Å²) in [6.45, 7) is 0. The number of aromatic carboxylic acids is 1. The first-order valence-corrected chi connectivity index (χ1v) is 5.52. The molecule has 2 aromatic rings. The molecule has 2 aromatic carbocycles. The molecule has 16 heavy (non-hydrogen) atoms. The van der Waals surface area contributed by atoms with Crippen molar-refractivity contribution in [1.29, 1.82) is 0 Å². The van der Waals surface area contributed by atoms with E-state index >= 15 is 0 Å². The first kappa shape index (κ1) is 10.8. The molecule has 0 amide bonds. The highest BCUT2D eigenvalue weighted by molar-refractivity contribution is 7.79. The monoisotopic (exact) mass is 235 g/mol. The molecule has 4 nitrogen and oxygen atoms in total. The molecule has 82 valence electrons. The number of rotatable bonds is 2. The smallest absolute Gasteiger partial charge is 0.335 e. The minimum absolute atomic E-state index is 0.184. The number of carboxylic acid groups (broad SMARTS) is 1. The van der Waals surface area contributed by atoms with Crippen LogP contribution in [0.1, 0.15) is 10.4 Å². The molecule has 0 fully saturated rings. The lowest BCUT2D eigenvalue weighted by Gasteiger charge is -2.06. The fourth-order valence-corrected chi connectivity index (χ4v) is 1.86. The van der Waals surface area contributed by atoms with E-state index in [2.05, 4.69) is 0 Å². The van der Waals surface area contributed by atoms with Gasteiger partial charge in [0.05, 0.1) is 5.56 Å². The Morgan fingerprint density at radius 1 is 1.12 bits per heavy atom. The molecule has 1 unspecified atom stereocenters. The Bertz CT molecular complexity index is 538. The molecule has 0 bridgehead atoms. The van der Waals surface area contributed by atoms with Gasteiger partial charge in [0.1, 0.15) is 0 Å². The van der Waals surface area contributed by atoms with Crippen molar-refractivity contribution in [2.45, 2.75) is 4.90 Å². The average molecular weight is 235 g/mol. The molecule has 1 atom stereocenters. The van der Waals surface area contributed by atoms with Crippen LogP contribution in [0.2, 0.25) is 0 Å². The normalized spacial score (nSPS) is 12.6. The summed E-state index contributed by atoms with van der Waals surface area (Å²) in [5.41, 5.74) is 0.184. The second-order valence-corrected chi connectivity index (χ2v) is 4.20. The van der Waals surface area contributed by atoms with Crippen molar-refractivity contribution in [3.8, 4) is 0 Å². The zero-order valence-electron chi connectivity index (χ0n) is 8.04. The molecule has 0 aromatic heterocycles. The third kappa shape index (κ3) is 1.95. The van der Waals surface area contributed by atoms with Crippen LogP contribution in [-0.4, -0.2) is 19.8 Å². The lowest BCUT2D eigenvalue weighted by Crippen LogP contribution is -1.95. The zero-order valence-corrected chi connectivity index (χ0v) is 8.86. The summed E-state index contributed by atoms with van der Waals surface area (Å²) in [6, 6.07) is 9.08. The molecular formula is C11H7O4S-. The minimum atomic E-state index is -2.27. The molecule has 0 heterocycles. The van der Waals surface area contributed by atoms with Crippen molar-refractivity contribution >= 4 is 27.8 Å². The summed E-state index contributed by atoms with van der Waals surface area (Å²) in [4.78, 5) is 10.9. The van der Waals surface area contributed by atoms with Crippen LogP contribution in [0.3, 0.4) is 0 Å². The molecule has 0 aliphatic rings. The van der Waals surface area contributed by atoms with Gasteiger partial charge < -0.3 is 9.66 Å². The van der Waals surface area contributed by atoms with Gasteiger partial charge in [-0.3, -0.25) is 4.21 Å². The first-order valence-electron chi connectivity index (χ1n) is 4.44. The quantitative estimate of drug-likeness (QED) is 0.805. The van der Waals surface area contributed by atoms with E-state index in [1.165, 1.54) is 24.3 Å². The van der Waals surface area contributed by atoms with Gasteiger partial charge in [0, 0.05) is 4.90 Å². The van der Waals surface area contributed by atoms with Crippen LogP contribution in [0.5, 0.6) is 0 Å². The van der Waals surface area contributed by atoms with Crippen molar-refractivity contribution in [3.63, 3.8) is 0 Å². The number of hydrogen-bond acceptors (Lipinski definition) is 3. The second kappa shape index (κ2) is 4.03. The summed E-state index contributed by atoms with van der Waals surface area (Å²) in [6.07, 6.45) is 0. The Morgan fingerprint density at radius 3 is 2.38 bits per heavy atom. The molecule has 0 saturated carbocycles. The summed E-state index contributed by atoms with van der Waals surface area (Å²) in [5, 5.41) is 10.2. The van der Waals surface area contributed by atoms with Crippen LogP contribution in [0, 0.1) is 0 Å². The Labute approximate surface area is 93.8 Å². The second-order valence-electron chi connectivity index (χ2n) is 3.26. The number of benzene rings is 2. The fourth-order valence-electron chi connectivity index (χ4n) is 1.46. The van der Waals surface area contributed by atoms with Crippen molar-refractivity contribution in [2.24, 2.45) is 0 Å². The number of carbonyl (C=O) groups is 1. The predicted molar refractivity (Wildman–Crippen MR) is 58.1 cm³/mol. The number of hydrogen-bond donors (Lipinski definition) is 1. The Kier molecular flexibility index (Phi) is 2.72. The maximum Gasteiger partial charge on any atom is 0.335 e. The fraction of sp³-hybridized carbons (Fsp3) is 0. The largest absolute Gasteiger partial charge is 0.768 e. The third-order valence-corrected chi connectivity index (χ3v) is 2.89. The predicted octanol–water partition coefficient (Wildman–Crippen LogP) is 1.78. The van der Waals surface area contributed by atoms with Crippen molar-refractivity contribution in [3.05, 3.63) is 42.0 Å². The topological polar surface area (TPSA) is 77.4 Å². The van der Waals surface area contributed by atoms with E-state index in [-0.39, 0.29) is 10.5 Å². The van der Waals surface area contributed by atoms with Crippen molar-refractivity contribution in [2.75, 3.05) is 0 Å². The SMILES string of the molecule is O=C(O)c1ccc2cc(S(=O)[O-])ccc2c1. The molecule has 0 spiro atoms. The first-order chi connectivity index (χ1) is 7.58. The van der Waals surface area contributed by atoms with E-state index in [1.807, 2.05) is 0 Å². The molecule has 5 heteroatoms. The van der Waals surface area contributed by atoms with E-state index in [0.717, 1.165) is 0 Å². The van der Waals surface area contributed by atoms with E-state index in [1.54, 1.807) is 12.1 Å². The van der Waals surface area contributed by atoms with Crippen molar-refractivity contribution < 1.29 is 18.7 Å². The van der Waals surface area contributed by atoms with Gasteiger partial charge in [0.2, 0.25) is 0 Å². The zero-order chi connectivity index (χ0) is 11.7. The highest BCUT2D eigenvalue weighted by atomic mass is 32.2. The average Bonchev–Trinajstić information content (AvgIpc) is 2.27. The summed E-state index contributed by atoms with van der Waals surface area (Å²) in [7, 11) is 0. The highest BCUT2D eigenvalue weighted by Gasteiger charge is 2.03. The molecule has 0 radical (unpaired) electrons. The van der Waals surface area contributed by atoms with Crippen LogP contribution >= 0.6 is 0 Å². The Balaban J connectivity index is 2.61. The van der Waals surface area contributed by atoms with Gasteiger partial charge in [-0.25, -0.2) is 4.79 Å². The van der Waals surface area contributed by atoms with Gasteiger partial charge >= 0.3 is 5.97 Å². The van der Waals surface area contributed by atoms with Gasteiger partial charge in [-0.2, -0.15) is 0 Å². The molecule has 0 aliphatic carbocycles. The third-order valence-electron chi connectivity index (χ3n) is 2.25. The van der Waals surface area contributed by atoms with Gasteiger partial charge in [-0.15, -0.1) is 0 Å². The van der Waals surface area contributed by atoms with E-state index in [4.69, 9.17) is 5.11 Å². The Morgan fingerprint density at radius 2 is 1.75 bits per heavy atom. The van der Waals surface area contributed by atoms with Crippen LogP contribution in [0.25, 0.3) is 10.8 Å². The Hall–Kier alpha value is -1.72. The van der Waals surface area contributed by atoms with Crippen LogP contribution in [-0.2, 0) is 11.1 Å². The lowest BCUT2D eigenvalue weighted by molar-refractivity contribution is 0.0697. The number of fused-ring (bicyclic) bond motifs is 1. The standard InChI is InChI=1S/C11H8O4S/c12-11(13)9-2-1-8-6-10(16(14)15)4-3-7(8)5-9/h1-6H,(H,12,13)(H,14,15)/p-1. The summed E-state index contributed by atoms with van der Waals surface area (Å²) in [5.74, 6) is -1.00. The number of carboxylic acids is 1. The lowest BCUT2D eigenvalue weighted by atomic mass is 10.1. The molecule has 0 aliphatic heterocycles.